The van der Waals surface area contributed by atoms with Crippen molar-refractivity contribution in [1.29, 1.82) is 0 Å². The van der Waals surface area contributed by atoms with E-state index in [1.54, 1.807) is 45.4 Å². The first-order chi connectivity index (χ1) is 13.4. The van der Waals surface area contributed by atoms with Crippen LogP contribution in [0.3, 0.4) is 0 Å². The van der Waals surface area contributed by atoms with Crippen molar-refractivity contribution in [2.24, 2.45) is 0 Å². The normalized spacial score (nSPS) is 11.7. The average Bonchev–Trinajstić information content (AvgIpc) is 3.28. The number of thiazole rings is 1. The third kappa shape index (κ3) is 3.36. The minimum absolute atomic E-state index is 0.205. The third-order valence-corrected chi connectivity index (χ3v) is 5.70. The van der Waals surface area contributed by atoms with Crippen LogP contribution in [0.4, 0.5) is 10.8 Å². The number of rotatable bonds is 5. The Morgan fingerprint density at radius 1 is 1.29 bits per heavy atom. The van der Waals surface area contributed by atoms with E-state index in [4.69, 9.17) is 16.3 Å². The fourth-order valence-corrected chi connectivity index (χ4v) is 4.03. The number of nitrogens with zero attached hydrogens (tertiary/aromatic N) is 2. The van der Waals surface area contributed by atoms with E-state index < -0.39 is 5.54 Å². The van der Waals surface area contributed by atoms with Gasteiger partial charge in [-0.25, -0.2) is 4.98 Å². The summed E-state index contributed by atoms with van der Waals surface area (Å²) in [4.78, 5) is 17.4. The number of aromatic amines is 1. The lowest BCUT2D eigenvalue weighted by Crippen LogP contribution is -2.44. The Hall–Kier alpha value is -2.84. The molecule has 2 aromatic heterocycles. The number of carbonyl (C=O) groups excluding carboxylic acids is 1. The van der Waals surface area contributed by atoms with E-state index in [1.165, 1.54) is 11.3 Å². The van der Waals surface area contributed by atoms with Gasteiger partial charge in [0.25, 0.3) is 5.91 Å². The first-order valence-corrected chi connectivity index (χ1v) is 9.72. The molecule has 0 saturated heterocycles. The van der Waals surface area contributed by atoms with Gasteiger partial charge in [-0.3, -0.25) is 15.2 Å². The average molecular weight is 416 g/mol. The van der Waals surface area contributed by atoms with Crippen molar-refractivity contribution in [1.82, 2.24) is 15.2 Å². The van der Waals surface area contributed by atoms with Gasteiger partial charge in [-0.15, -0.1) is 0 Å². The van der Waals surface area contributed by atoms with Gasteiger partial charge in [-0.05, 0) is 38.1 Å². The van der Waals surface area contributed by atoms with Crippen molar-refractivity contribution in [2.45, 2.75) is 19.4 Å². The number of methoxy groups -OCH3 is 1. The number of benzene rings is 2. The second kappa shape index (κ2) is 6.96. The molecule has 3 N–H and O–H groups in total. The number of H-pyrrole nitrogens is 1. The van der Waals surface area contributed by atoms with Gasteiger partial charge in [0.2, 0.25) is 0 Å². The Labute approximate surface area is 170 Å². The van der Waals surface area contributed by atoms with E-state index in [9.17, 15) is 4.79 Å². The van der Waals surface area contributed by atoms with Gasteiger partial charge in [-0.1, -0.05) is 22.9 Å². The van der Waals surface area contributed by atoms with Crippen LogP contribution < -0.4 is 15.4 Å². The predicted molar refractivity (Wildman–Crippen MR) is 114 cm³/mol. The molecule has 9 heteroatoms. The molecule has 7 nitrogen and oxygen atoms in total. The summed E-state index contributed by atoms with van der Waals surface area (Å²) in [6, 6.07) is 9.11. The smallest absolute Gasteiger partial charge is 0.251 e. The van der Waals surface area contributed by atoms with Crippen molar-refractivity contribution in [3.05, 3.63) is 41.6 Å². The van der Waals surface area contributed by atoms with E-state index in [0.717, 1.165) is 26.8 Å². The van der Waals surface area contributed by atoms with E-state index in [2.05, 4.69) is 25.8 Å². The van der Waals surface area contributed by atoms with Gasteiger partial charge in [0.05, 0.1) is 34.1 Å². The largest absolute Gasteiger partial charge is 0.495 e. The zero-order valence-corrected chi connectivity index (χ0v) is 17.0. The van der Waals surface area contributed by atoms with Crippen molar-refractivity contribution >= 4 is 60.8 Å². The number of carbonyl (C=O) groups is 1. The quantitative estimate of drug-likeness (QED) is 0.440. The molecule has 0 fully saturated rings. The topological polar surface area (TPSA) is 91.9 Å². The van der Waals surface area contributed by atoms with E-state index in [-0.39, 0.29) is 5.91 Å². The summed E-state index contributed by atoms with van der Waals surface area (Å²) in [6.45, 7) is 3.59. The van der Waals surface area contributed by atoms with Crippen LogP contribution in [0.2, 0.25) is 5.02 Å². The number of anilines is 2. The number of ether oxygens (including phenoxy) is 1. The maximum Gasteiger partial charge on any atom is 0.251 e. The highest BCUT2D eigenvalue weighted by atomic mass is 35.5. The van der Waals surface area contributed by atoms with Gasteiger partial charge in [0, 0.05) is 17.1 Å². The molecule has 4 aromatic rings. The highest BCUT2D eigenvalue weighted by Crippen LogP contribution is 2.33. The molecule has 28 heavy (non-hydrogen) atoms. The van der Waals surface area contributed by atoms with E-state index in [0.29, 0.717) is 15.9 Å². The Balaban J connectivity index is 1.55. The lowest BCUT2D eigenvalue weighted by Gasteiger charge is -2.26. The van der Waals surface area contributed by atoms with Crippen LogP contribution in [-0.2, 0) is 4.79 Å². The predicted octanol–water partition coefficient (Wildman–Crippen LogP) is 4.66. The highest BCUT2D eigenvalue weighted by molar-refractivity contribution is 7.23. The Morgan fingerprint density at radius 3 is 2.89 bits per heavy atom. The molecule has 0 atom stereocenters. The van der Waals surface area contributed by atoms with Crippen LogP contribution in [0.1, 0.15) is 13.8 Å². The van der Waals surface area contributed by atoms with Crippen LogP contribution in [0.5, 0.6) is 5.75 Å². The third-order valence-electron chi connectivity index (χ3n) is 4.37. The van der Waals surface area contributed by atoms with Gasteiger partial charge < -0.3 is 10.1 Å². The number of amides is 1. The molecule has 2 aromatic carbocycles. The zero-order chi connectivity index (χ0) is 19.9. The van der Waals surface area contributed by atoms with Crippen LogP contribution in [0.15, 0.2) is 36.5 Å². The summed E-state index contributed by atoms with van der Waals surface area (Å²) in [5.41, 5.74) is 1.60. The molecular formula is C19H18ClN5O2S. The van der Waals surface area contributed by atoms with Crippen molar-refractivity contribution in [2.75, 3.05) is 17.7 Å². The number of hydrogen-bond acceptors (Lipinski definition) is 6. The summed E-state index contributed by atoms with van der Waals surface area (Å²) in [6.07, 6.45) is 1.76. The summed E-state index contributed by atoms with van der Waals surface area (Å²) >= 11 is 7.49. The monoisotopic (exact) mass is 415 g/mol. The maximum absolute atomic E-state index is 12.9. The number of hydrogen-bond donors (Lipinski definition) is 3. The molecule has 144 valence electrons. The Kier molecular flexibility index (Phi) is 4.60. The molecule has 0 spiro atoms. The van der Waals surface area contributed by atoms with Gasteiger partial charge in [-0.2, -0.15) is 5.10 Å². The van der Waals surface area contributed by atoms with Gasteiger partial charge in [0.15, 0.2) is 5.13 Å². The minimum Gasteiger partial charge on any atom is -0.495 e. The molecule has 4 rings (SSSR count). The van der Waals surface area contributed by atoms with Crippen LogP contribution in [0, 0.1) is 0 Å². The Morgan fingerprint density at radius 2 is 2.11 bits per heavy atom. The van der Waals surface area contributed by atoms with E-state index >= 15 is 0 Å². The van der Waals surface area contributed by atoms with Crippen molar-refractivity contribution < 1.29 is 9.53 Å². The van der Waals surface area contributed by atoms with E-state index in [1.807, 2.05) is 12.1 Å². The molecular weight excluding hydrogens is 398 g/mol. The molecule has 0 aliphatic carbocycles. The molecule has 0 aliphatic rings. The minimum atomic E-state index is -0.887. The van der Waals surface area contributed by atoms with Crippen molar-refractivity contribution in [3.63, 3.8) is 0 Å². The summed E-state index contributed by atoms with van der Waals surface area (Å²) in [5, 5.41) is 15.2. The number of aromatic nitrogens is 3. The molecule has 0 saturated carbocycles. The molecule has 1 amide bonds. The summed E-state index contributed by atoms with van der Waals surface area (Å²) < 4.78 is 6.21. The van der Waals surface area contributed by atoms with Crippen LogP contribution in [0.25, 0.3) is 21.1 Å². The fraction of sp³-hybridized carbons (Fsp3) is 0.211. The first kappa shape index (κ1) is 18.5. The molecule has 0 aliphatic heterocycles. The Bertz CT molecular complexity index is 1180. The standard InChI is InChI=1S/C19H18ClN5O2S/c1-19(2,24-10-4-5-12(20)15(8-10)27-3)17(26)23-18-22-14-7-6-13-11(9-21-25-13)16(14)28-18/h4-9,24H,1-3H3,(H,21,25)(H,22,23,26). The second-order valence-electron chi connectivity index (χ2n) is 6.82. The van der Waals surface area contributed by atoms with Crippen LogP contribution >= 0.6 is 22.9 Å². The summed E-state index contributed by atoms with van der Waals surface area (Å²) in [5.74, 6) is 0.335. The first-order valence-electron chi connectivity index (χ1n) is 8.53. The zero-order valence-electron chi connectivity index (χ0n) is 15.5. The number of nitrogens with one attached hydrogen (secondary N) is 3. The second-order valence-corrected chi connectivity index (χ2v) is 8.22. The summed E-state index contributed by atoms with van der Waals surface area (Å²) in [7, 11) is 1.55. The molecule has 0 bridgehead atoms. The van der Waals surface area contributed by atoms with Crippen molar-refractivity contribution in [3.8, 4) is 5.75 Å². The highest BCUT2D eigenvalue weighted by Gasteiger charge is 2.28. The van der Waals surface area contributed by atoms with Crippen LogP contribution in [-0.4, -0.2) is 33.7 Å². The fourth-order valence-electron chi connectivity index (χ4n) is 2.87. The number of fused-ring (bicyclic) bond motifs is 3. The maximum atomic E-state index is 12.9. The molecule has 2 heterocycles. The molecule has 0 unspecified atom stereocenters. The lowest BCUT2D eigenvalue weighted by molar-refractivity contribution is -0.119. The SMILES string of the molecule is COc1cc(NC(C)(C)C(=O)Nc2nc3ccc4[nH]ncc4c3s2)ccc1Cl. The van der Waals surface area contributed by atoms with Gasteiger partial charge in [0.1, 0.15) is 11.3 Å². The molecule has 0 radical (unpaired) electrons. The lowest BCUT2D eigenvalue weighted by atomic mass is 10.0. The number of halogens is 1. The van der Waals surface area contributed by atoms with Gasteiger partial charge >= 0.3 is 0 Å².